The van der Waals surface area contributed by atoms with Crippen LogP contribution in [0.2, 0.25) is 5.02 Å². The van der Waals surface area contributed by atoms with Crippen LogP contribution in [0.15, 0.2) is 28.8 Å². The lowest BCUT2D eigenvalue weighted by Gasteiger charge is -1.95. The summed E-state index contributed by atoms with van der Waals surface area (Å²) in [5.74, 6) is -0.668. The second-order valence-electron chi connectivity index (χ2n) is 3.06. The highest BCUT2D eigenvalue weighted by Gasteiger charge is 2.13. The monoisotopic (exact) mass is 238 g/mol. The fourth-order valence-electron chi connectivity index (χ4n) is 1.21. The zero-order valence-corrected chi connectivity index (χ0v) is 8.81. The van der Waals surface area contributed by atoms with E-state index >= 15 is 0 Å². The number of hydrogen-bond donors (Lipinski definition) is 1. The summed E-state index contributed by atoms with van der Waals surface area (Å²) in [7, 11) is 0. The van der Waals surface area contributed by atoms with Crippen LogP contribution in [0.25, 0.3) is 11.4 Å². The minimum atomic E-state index is -1.02. The molecule has 0 amide bonds. The average Bonchev–Trinajstić information content (AvgIpc) is 2.66. The van der Waals surface area contributed by atoms with Crippen molar-refractivity contribution < 1.29 is 14.4 Å². The maximum Gasteiger partial charge on any atom is 0.312 e. The number of carbonyl (C=O) groups is 1. The molecule has 1 N–H and O–H groups in total. The van der Waals surface area contributed by atoms with Crippen LogP contribution in [0.4, 0.5) is 0 Å². The van der Waals surface area contributed by atoms with Crippen molar-refractivity contribution in [2.45, 2.75) is 6.42 Å². The third-order valence-electron chi connectivity index (χ3n) is 1.89. The summed E-state index contributed by atoms with van der Waals surface area (Å²) in [6, 6.07) is 7.00. The molecular formula is C10H7ClN2O3. The molecule has 0 aliphatic carbocycles. The maximum atomic E-state index is 10.4. The van der Waals surface area contributed by atoms with E-state index in [2.05, 4.69) is 10.1 Å². The third-order valence-corrected chi connectivity index (χ3v) is 2.21. The molecule has 2 aromatic rings. The number of carboxylic acid groups (broad SMARTS) is 1. The summed E-state index contributed by atoms with van der Waals surface area (Å²) in [5, 5.41) is 12.7. The van der Waals surface area contributed by atoms with Crippen molar-refractivity contribution in [3.8, 4) is 11.4 Å². The van der Waals surface area contributed by atoms with Crippen LogP contribution >= 0.6 is 11.6 Å². The van der Waals surface area contributed by atoms with Gasteiger partial charge in [-0.25, -0.2) is 0 Å². The van der Waals surface area contributed by atoms with Gasteiger partial charge in [-0.1, -0.05) is 28.9 Å². The summed E-state index contributed by atoms with van der Waals surface area (Å²) in [4.78, 5) is 14.4. The summed E-state index contributed by atoms with van der Waals surface area (Å²) in [6.45, 7) is 0. The predicted octanol–water partition coefficient (Wildman–Crippen LogP) is 2.02. The van der Waals surface area contributed by atoms with Crippen molar-refractivity contribution in [1.29, 1.82) is 0 Å². The Hall–Kier alpha value is -1.88. The standard InChI is InChI=1S/C10H7ClN2O3/c11-7-4-2-1-3-6(7)10-12-8(16-13-10)5-9(14)15/h1-4H,5H2,(H,14,15). The fraction of sp³-hybridized carbons (Fsp3) is 0.100. The number of rotatable bonds is 3. The van der Waals surface area contributed by atoms with Gasteiger partial charge in [0.05, 0.1) is 5.02 Å². The summed E-state index contributed by atoms with van der Waals surface area (Å²) in [5.41, 5.74) is 0.615. The Bertz CT molecular complexity index is 524. The van der Waals surface area contributed by atoms with Gasteiger partial charge in [-0.15, -0.1) is 0 Å². The molecule has 2 rings (SSSR count). The fourth-order valence-corrected chi connectivity index (χ4v) is 1.43. The summed E-state index contributed by atoms with van der Waals surface area (Å²) in [6.07, 6.45) is -0.294. The SMILES string of the molecule is O=C(O)Cc1nc(-c2ccccc2Cl)no1. The molecule has 0 saturated heterocycles. The number of halogens is 1. The molecule has 0 spiro atoms. The second-order valence-corrected chi connectivity index (χ2v) is 3.47. The Labute approximate surface area is 95.7 Å². The van der Waals surface area contributed by atoms with Gasteiger partial charge in [0.15, 0.2) is 0 Å². The zero-order valence-electron chi connectivity index (χ0n) is 8.05. The van der Waals surface area contributed by atoms with Gasteiger partial charge in [0.25, 0.3) is 0 Å². The quantitative estimate of drug-likeness (QED) is 0.885. The van der Waals surface area contributed by atoms with E-state index < -0.39 is 5.97 Å². The van der Waals surface area contributed by atoms with Crippen LogP contribution < -0.4 is 0 Å². The Kier molecular flexibility index (Phi) is 2.87. The first-order valence-electron chi connectivity index (χ1n) is 4.46. The first-order valence-corrected chi connectivity index (χ1v) is 4.84. The van der Waals surface area contributed by atoms with Crippen LogP contribution in [0.5, 0.6) is 0 Å². The number of aliphatic carboxylic acids is 1. The molecule has 1 aromatic carbocycles. The van der Waals surface area contributed by atoms with E-state index in [0.29, 0.717) is 16.4 Å². The van der Waals surface area contributed by atoms with Crippen LogP contribution in [-0.2, 0) is 11.2 Å². The third kappa shape index (κ3) is 2.20. The molecule has 6 heteroatoms. The van der Waals surface area contributed by atoms with Crippen LogP contribution in [0.1, 0.15) is 5.89 Å². The molecule has 0 aliphatic rings. The topological polar surface area (TPSA) is 76.2 Å². The van der Waals surface area contributed by atoms with Crippen LogP contribution in [0, 0.1) is 0 Å². The molecule has 0 fully saturated rings. The number of aromatic nitrogens is 2. The normalized spacial score (nSPS) is 10.3. The van der Waals surface area contributed by atoms with Crippen molar-refractivity contribution in [2.24, 2.45) is 0 Å². The van der Waals surface area contributed by atoms with E-state index in [0.717, 1.165) is 0 Å². The van der Waals surface area contributed by atoms with Gasteiger partial charge in [-0.3, -0.25) is 4.79 Å². The molecule has 1 heterocycles. The van der Waals surface area contributed by atoms with E-state index in [-0.39, 0.29) is 12.3 Å². The Morgan fingerprint density at radius 1 is 1.44 bits per heavy atom. The Morgan fingerprint density at radius 3 is 2.88 bits per heavy atom. The summed E-state index contributed by atoms with van der Waals surface area (Å²) < 4.78 is 4.78. The molecule has 0 unspecified atom stereocenters. The highest BCUT2D eigenvalue weighted by molar-refractivity contribution is 6.33. The molecule has 0 aliphatic heterocycles. The highest BCUT2D eigenvalue weighted by Crippen LogP contribution is 2.24. The van der Waals surface area contributed by atoms with Gasteiger partial charge >= 0.3 is 5.97 Å². The maximum absolute atomic E-state index is 10.4. The van der Waals surface area contributed by atoms with Crippen molar-refractivity contribution in [3.05, 3.63) is 35.2 Å². The van der Waals surface area contributed by atoms with Gasteiger partial charge in [0, 0.05) is 5.56 Å². The average molecular weight is 239 g/mol. The largest absolute Gasteiger partial charge is 0.481 e. The van der Waals surface area contributed by atoms with E-state index in [4.69, 9.17) is 21.2 Å². The lowest BCUT2D eigenvalue weighted by atomic mass is 10.2. The smallest absolute Gasteiger partial charge is 0.312 e. The molecular weight excluding hydrogens is 232 g/mol. The van der Waals surface area contributed by atoms with E-state index in [1.54, 1.807) is 24.3 Å². The molecule has 0 bridgehead atoms. The number of carboxylic acids is 1. The van der Waals surface area contributed by atoms with Crippen LogP contribution in [0.3, 0.4) is 0 Å². The molecule has 5 nitrogen and oxygen atoms in total. The van der Waals surface area contributed by atoms with Crippen molar-refractivity contribution in [2.75, 3.05) is 0 Å². The van der Waals surface area contributed by atoms with Crippen molar-refractivity contribution >= 4 is 17.6 Å². The lowest BCUT2D eigenvalue weighted by molar-refractivity contribution is -0.136. The Morgan fingerprint density at radius 2 is 2.19 bits per heavy atom. The van der Waals surface area contributed by atoms with E-state index in [9.17, 15) is 4.79 Å². The molecule has 0 saturated carbocycles. The van der Waals surface area contributed by atoms with Gasteiger partial charge in [-0.05, 0) is 12.1 Å². The number of benzene rings is 1. The minimum Gasteiger partial charge on any atom is -0.481 e. The molecule has 0 radical (unpaired) electrons. The molecule has 1 aromatic heterocycles. The van der Waals surface area contributed by atoms with Crippen molar-refractivity contribution in [3.63, 3.8) is 0 Å². The number of nitrogens with zero attached hydrogens (tertiary/aromatic N) is 2. The van der Waals surface area contributed by atoms with Crippen LogP contribution in [-0.4, -0.2) is 21.2 Å². The molecule has 0 atom stereocenters. The number of hydrogen-bond acceptors (Lipinski definition) is 4. The lowest BCUT2D eigenvalue weighted by Crippen LogP contribution is -1.99. The predicted molar refractivity (Wildman–Crippen MR) is 56.1 cm³/mol. The Balaban J connectivity index is 2.32. The highest BCUT2D eigenvalue weighted by atomic mass is 35.5. The first kappa shape index (κ1) is 10.6. The molecule has 82 valence electrons. The van der Waals surface area contributed by atoms with Crippen molar-refractivity contribution in [1.82, 2.24) is 10.1 Å². The first-order chi connectivity index (χ1) is 7.66. The van der Waals surface area contributed by atoms with Gasteiger partial charge in [0.1, 0.15) is 6.42 Å². The van der Waals surface area contributed by atoms with Gasteiger partial charge in [-0.2, -0.15) is 4.98 Å². The van der Waals surface area contributed by atoms with Gasteiger partial charge < -0.3 is 9.63 Å². The minimum absolute atomic E-state index is 0.0578. The summed E-state index contributed by atoms with van der Waals surface area (Å²) >= 11 is 5.94. The second kappa shape index (κ2) is 4.32. The zero-order chi connectivity index (χ0) is 11.5. The molecule has 16 heavy (non-hydrogen) atoms. The van der Waals surface area contributed by atoms with E-state index in [1.165, 1.54) is 0 Å². The van der Waals surface area contributed by atoms with Gasteiger partial charge in [0.2, 0.25) is 11.7 Å². The van der Waals surface area contributed by atoms with E-state index in [1.807, 2.05) is 0 Å².